The van der Waals surface area contributed by atoms with Crippen molar-refractivity contribution in [2.24, 2.45) is 0 Å². The van der Waals surface area contributed by atoms with Crippen LogP contribution in [0.5, 0.6) is 0 Å². The summed E-state index contributed by atoms with van der Waals surface area (Å²) in [5.74, 6) is -0.602. The molecular formula is C21H22ClN3O5. The maximum Gasteiger partial charge on any atom is 0.282 e. The van der Waals surface area contributed by atoms with E-state index < -0.39 is 10.8 Å². The first-order valence-electron chi connectivity index (χ1n) is 9.62. The van der Waals surface area contributed by atoms with Gasteiger partial charge in [0.15, 0.2) is 0 Å². The smallest absolute Gasteiger partial charge is 0.282 e. The van der Waals surface area contributed by atoms with Gasteiger partial charge in [0.2, 0.25) is 5.91 Å². The Balaban J connectivity index is 1.47. The van der Waals surface area contributed by atoms with Gasteiger partial charge in [-0.2, -0.15) is 0 Å². The number of nitrogens with one attached hydrogen (secondary N) is 1. The number of nitrogens with zero attached hydrogens (tertiary/aromatic N) is 2. The zero-order valence-electron chi connectivity index (χ0n) is 16.3. The van der Waals surface area contributed by atoms with Gasteiger partial charge in [-0.3, -0.25) is 19.7 Å². The van der Waals surface area contributed by atoms with Crippen LogP contribution in [0.25, 0.3) is 0 Å². The summed E-state index contributed by atoms with van der Waals surface area (Å²) in [6, 6.07) is 13.6. The second-order valence-electron chi connectivity index (χ2n) is 6.89. The van der Waals surface area contributed by atoms with Crippen molar-refractivity contribution in [2.75, 3.05) is 26.2 Å². The Kier molecular flexibility index (Phi) is 7.37. The summed E-state index contributed by atoms with van der Waals surface area (Å²) < 4.78 is 5.77. The Hall–Kier alpha value is -2.97. The summed E-state index contributed by atoms with van der Waals surface area (Å²) in [7, 11) is 0. The average Bonchev–Trinajstić information content (AvgIpc) is 2.76. The van der Waals surface area contributed by atoms with Crippen LogP contribution in [0.3, 0.4) is 0 Å². The summed E-state index contributed by atoms with van der Waals surface area (Å²) in [5.41, 5.74) is 0.622. The molecule has 8 nitrogen and oxygen atoms in total. The fourth-order valence-corrected chi connectivity index (χ4v) is 3.46. The molecule has 0 aromatic heterocycles. The normalized spacial score (nSPS) is 16.2. The lowest BCUT2D eigenvalue weighted by atomic mass is 10.1. The summed E-state index contributed by atoms with van der Waals surface area (Å²) in [4.78, 5) is 37.0. The van der Waals surface area contributed by atoms with E-state index in [1.807, 2.05) is 30.3 Å². The molecule has 0 radical (unpaired) electrons. The fraction of sp³-hybridized carbons (Fsp3) is 0.333. The molecule has 1 saturated heterocycles. The Morgan fingerprint density at radius 3 is 2.73 bits per heavy atom. The number of carbonyl (C=O) groups is 2. The van der Waals surface area contributed by atoms with Crippen molar-refractivity contribution in [1.29, 1.82) is 0 Å². The lowest BCUT2D eigenvalue weighted by molar-refractivity contribution is -0.385. The topological polar surface area (TPSA) is 102 Å². The van der Waals surface area contributed by atoms with Crippen LogP contribution < -0.4 is 5.32 Å². The van der Waals surface area contributed by atoms with Crippen molar-refractivity contribution >= 4 is 29.1 Å². The molecule has 2 aromatic carbocycles. The zero-order valence-corrected chi connectivity index (χ0v) is 17.0. The standard InChI is InChI=1S/C21H22ClN3O5/c22-16-8-9-18(25(28)29)17(13-16)21(27)23-10-4-7-20(26)24-11-12-30-19(14-24)15-5-2-1-3-6-15/h1-3,5-6,8-9,13,19H,4,7,10-12,14H2,(H,23,27). The van der Waals surface area contributed by atoms with E-state index in [9.17, 15) is 19.7 Å². The van der Waals surface area contributed by atoms with Gasteiger partial charge >= 0.3 is 0 Å². The van der Waals surface area contributed by atoms with E-state index in [-0.39, 0.29) is 41.3 Å². The summed E-state index contributed by atoms with van der Waals surface area (Å²) >= 11 is 5.85. The zero-order chi connectivity index (χ0) is 21.5. The van der Waals surface area contributed by atoms with Crippen molar-refractivity contribution in [3.8, 4) is 0 Å². The third kappa shape index (κ3) is 5.55. The molecule has 1 heterocycles. The molecule has 30 heavy (non-hydrogen) atoms. The SMILES string of the molecule is O=C(NCCCC(=O)N1CCOC(c2ccccc2)C1)c1cc(Cl)ccc1[N+](=O)[O-]. The maximum atomic E-state index is 12.5. The number of rotatable bonds is 7. The lowest BCUT2D eigenvalue weighted by Gasteiger charge is -2.33. The van der Waals surface area contributed by atoms with E-state index >= 15 is 0 Å². The molecule has 0 saturated carbocycles. The number of morpholine rings is 1. The number of hydrogen-bond donors (Lipinski definition) is 1. The van der Waals surface area contributed by atoms with E-state index in [4.69, 9.17) is 16.3 Å². The molecule has 1 aliphatic heterocycles. The molecule has 3 rings (SSSR count). The number of benzene rings is 2. The summed E-state index contributed by atoms with van der Waals surface area (Å²) in [6.45, 7) is 1.72. The number of halogens is 1. The van der Waals surface area contributed by atoms with Crippen LogP contribution in [0, 0.1) is 10.1 Å². The second-order valence-corrected chi connectivity index (χ2v) is 7.32. The molecule has 2 amide bonds. The molecule has 9 heteroatoms. The maximum absolute atomic E-state index is 12.5. The number of ether oxygens (including phenoxy) is 1. The van der Waals surface area contributed by atoms with Gasteiger partial charge in [-0.05, 0) is 24.1 Å². The number of nitro benzene ring substituents is 1. The summed E-state index contributed by atoms with van der Waals surface area (Å²) in [5, 5.41) is 13.9. The Bertz CT molecular complexity index is 922. The molecule has 1 atom stereocenters. The van der Waals surface area contributed by atoms with Crippen LogP contribution in [0.1, 0.15) is 34.9 Å². The molecule has 2 aromatic rings. The van der Waals surface area contributed by atoms with Crippen LogP contribution in [-0.2, 0) is 9.53 Å². The molecule has 158 valence electrons. The van der Waals surface area contributed by atoms with Crippen LogP contribution in [-0.4, -0.2) is 47.9 Å². The van der Waals surface area contributed by atoms with E-state index in [1.165, 1.54) is 18.2 Å². The number of hydrogen-bond acceptors (Lipinski definition) is 5. The molecule has 1 unspecified atom stereocenters. The van der Waals surface area contributed by atoms with E-state index in [1.54, 1.807) is 4.90 Å². The van der Waals surface area contributed by atoms with Gasteiger partial charge in [-0.1, -0.05) is 41.9 Å². The summed E-state index contributed by atoms with van der Waals surface area (Å²) in [6.07, 6.45) is 0.540. The van der Waals surface area contributed by atoms with Gasteiger partial charge in [0.05, 0.1) is 18.1 Å². The minimum absolute atomic E-state index is 0.0118. The van der Waals surface area contributed by atoms with Crippen molar-refractivity contribution < 1.29 is 19.2 Å². The first-order valence-corrected chi connectivity index (χ1v) is 10.00. The second kappa shape index (κ2) is 10.2. The first kappa shape index (κ1) is 21.7. The Labute approximate surface area is 178 Å². The Morgan fingerprint density at radius 1 is 1.23 bits per heavy atom. The van der Waals surface area contributed by atoms with E-state index in [0.717, 1.165) is 5.56 Å². The van der Waals surface area contributed by atoms with Gasteiger partial charge in [0.1, 0.15) is 11.7 Å². The van der Waals surface area contributed by atoms with Crippen LogP contribution in [0.2, 0.25) is 5.02 Å². The number of amides is 2. The third-order valence-corrected chi connectivity index (χ3v) is 5.08. The molecule has 1 aliphatic rings. The molecular weight excluding hydrogens is 410 g/mol. The van der Waals surface area contributed by atoms with Crippen LogP contribution >= 0.6 is 11.6 Å². The predicted octanol–water partition coefficient (Wildman–Crippen LogP) is 3.36. The van der Waals surface area contributed by atoms with Gasteiger partial charge in [-0.15, -0.1) is 0 Å². The van der Waals surface area contributed by atoms with Crippen LogP contribution in [0.4, 0.5) is 5.69 Å². The first-order chi connectivity index (χ1) is 14.5. The van der Waals surface area contributed by atoms with Crippen molar-refractivity contribution in [2.45, 2.75) is 18.9 Å². The highest BCUT2D eigenvalue weighted by Gasteiger charge is 2.25. The monoisotopic (exact) mass is 431 g/mol. The third-order valence-electron chi connectivity index (χ3n) is 4.84. The van der Waals surface area contributed by atoms with E-state index in [2.05, 4.69) is 5.32 Å². The number of nitro groups is 1. The average molecular weight is 432 g/mol. The highest BCUT2D eigenvalue weighted by molar-refractivity contribution is 6.31. The Morgan fingerprint density at radius 2 is 2.00 bits per heavy atom. The van der Waals surface area contributed by atoms with Gasteiger partial charge < -0.3 is 15.0 Å². The minimum atomic E-state index is -0.629. The van der Waals surface area contributed by atoms with Gasteiger partial charge in [0, 0.05) is 30.6 Å². The predicted molar refractivity (Wildman–Crippen MR) is 111 cm³/mol. The molecule has 0 bridgehead atoms. The van der Waals surface area contributed by atoms with Crippen LogP contribution in [0.15, 0.2) is 48.5 Å². The molecule has 0 spiro atoms. The highest BCUT2D eigenvalue weighted by atomic mass is 35.5. The highest BCUT2D eigenvalue weighted by Crippen LogP contribution is 2.23. The van der Waals surface area contributed by atoms with Crippen molar-refractivity contribution in [1.82, 2.24) is 10.2 Å². The quantitative estimate of drug-likeness (QED) is 0.411. The van der Waals surface area contributed by atoms with Crippen molar-refractivity contribution in [3.63, 3.8) is 0 Å². The molecule has 1 fully saturated rings. The molecule has 0 aliphatic carbocycles. The molecule has 1 N–H and O–H groups in total. The lowest BCUT2D eigenvalue weighted by Crippen LogP contribution is -2.42. The van der Waals surface area contributed by atoms with E-state index in [0.29, 0.717) is 26.1 Å². The number of carbonyl (C=O) groups excluding carboxylic acids is 2. The fourth-order valence-electron chi connectivity index (χ4n) is 3.29. The largest absolute Gasteiger partial charge is 0.370 e. The van der Waals surface area contributed by atoms with Gasteiger partial charge in [-0.25, -0.2) is 0 Å². The van der Waals surface area contributed by atoms with Gasteiger partial charge in [0.25, 0.3) is 11.6 Å². The van der Waals surface area contributed by atoms with Crippen molar-refractivity contribution in [3.05, 3.63) is 74.8 Å². The minimum Gasteiger partial charge on any atom is -0.370 e.